The Morgan fingerprint density at radius 3 is 2.08 bits per heavy atom. The van der Waals surface area contributed by atoms with Crippen molar-refractivity contribution in [3.63, 3.8) is 0 Å². The molecule has 1 heterocycles. The topological polar surface area (TPSA) is 87.7 Å². The molecule has 0 spiro atoms. The molecule has 0 aromatic heterocycles. The van der Waals surface area contributed by atoms with Gasteiger partial charge in [-0.15, -0.1) is 0 Å². The van der Waals surface area contributed by atoms with Crippen molar-refractivity contribution < 1.29 is 19.1 Å². The van der Waals surface area contributed by atoms with E-state index in [-0.39, 0.29) is 17.6 Å². The van der Waals surface area contributed by atoms with Crippen LogP contribution in [0.2, 0.25) is 0 Å². The number of likely N-dealkylation sites (tertiary alicyclic amines) is 1. The van der Waals surface area contributed by atoms with Crippen molar-refractivity contribution in [2.75, 3.05) is 19.7 Å². The molecule has 2 N–H and O–H groups in total. The molecular formula is C18H33N3O4. The molecule has 0 aliphatic carbocycles. The standard InChI is InChI=1S/C18H33N3O4/c1-7-25-16(24)21-10-8-13(9-11-21)19-14(22)15(23)20-18(5,6)12-17(2,3)4/h13H,7-12H2,1-6H3,(H,19,22)(H,20,23). The Morgan fingerprint density at radius 1 is 1.04 bits per heavy atom. The van der Waals surface area contributed by atoms with E-state index >= 15 is 0 Å². The number of hydrogen-bond donors (Lipinski definition) is 2. The van der Waals surface area contributed by atoms with Crippen molar-refractivity contribution in [2.24, 2.45) is 5.41 Å². The fourth-order valence-electron chi connectivity index (χ4n) is 3.41. The van der Waals surface area contributed by atoms with Crippen LogP contribution in [0.1, 0.15) is 60.8 Å². The predicted octanol–water partition coefficient (Wildman–Crippen LogP) is 2.05. The highest BCUT2D eigenvalue weighted by Crippen LogP contribution is 2.26. The number of amides is 3. The smallest absolute Gasteiger partial charge is 0.409 e. The zero-order valence-electron chi connectivity index (χ0n) is 16.4. The van der Waals surface area contributed by atoms with Crippen LogP contribution in [-0.2, 0) is 14.3 Å². The van der Waals surface area contributed by atoms with Crippen LogP contribution < -0.4 is 10.6 Å². The van der Waals surface area contributed by atoms with Crippen LogP contribution in [0, 0.1) is 5.41 Å². The summed E-state index contributed by atoms with van der Waals surface area (Å²) >= 11 is 0. The van der Waals surface area contributed by atoms with Gasteiger partial charge in [0, 0.05) is 24.7 Å². The Labute approximate surface area is 150 Å². The van der Waals surface area contributed by atoms with Crippen molar-refractivity contribution in [3.05, 3.63) is 0 Å². The van der Waals surface area contributed by atoms with E-state index in [0.29, 0.717) is 32.5 Å². The van der Waals surface area contributed by atoms with Crippen LogP contribution in [0.4, 0.5) is 4.79 Å². The van der Waals surface area contributed by atoms with E-state index in [4.69, 9.17) is 4.74 Å². The Hall–Kier alpha value is -1.79. The van der Waals surface area contributed by atoms with Crippen molar-refractivity contribution >= 4 is 17.9 Å². The van der Waals surface area contributed by atoms with Gasteiger partial charge in [0.1, 0.15) is 0 Å². The minimum Gasteiger partial charge on any atom is -0.450 e. The monoisotopic (exact) mass is 355 g/mol. The predicted molar refractivity (Wildman–Crippen MR) is 96.1 cm³/mol. The second-order valence-electron chi connectivity index (χ2n) is 8.51. The molecule has 1 fully saturated rings. The zero-order chi connectivity index (χ0) is 19.3. The van der Waals surface area contributed by atoms with Gasteiger partial charge in [0.2, 0.25) is 0 Å². The van der Waals surface area contributed by atoms with E-state index in [2.05, 4.69) is 31.4 Å². The SMILES string of the molecule is CCOC(=O)N1CCC(NC(=O)C(=O)NC(C)(C)CC(C)(C)C)CC1. The fraction of sp³-hybridized carbons (Fsp3) is 0.833. The van der Waals surface area contributed by atoms with E-state index < -0.39 is 17.4 Å². The van der Waals surface area contributed by atoms with Gasteiger partial charge in [-0.2, -0.15) is 0 Å². The Bertz CT molecular complexity index is 489. The fourth-order valence-corrected chi connectivity index (χ4v) is 3.41. The molecule has 3 amide bonds. The maximum absolute atomic E-state index is 12.2. The molecule has 0 radical (unpaired) electrons. The van der Waals surface area contributed by atoms with Crippen molar-refractivity contribution in [2.45, 2.75) is 72.4 Å². The molecule has 0 unspecified atom stereocenters. The van der Waals surface area contributed by atoms with Crippen LogP contribution >= 0.6 is 0 Å². The van der Waals surface area contributed by atoms with Gasteiger partial charge >= 0.3 is 17.9 Å². The number of hydrogen-bond acceptors (Lipinski definition) is 4. The minimum atomic E-state index is -0.614. The molecule has 7 nitrogen and oxygen atoms in total. The molecule has 144 valence electrons. The maximum Gasteiger partial charge on any atom is 0.409 e. The molecule has 0 aromatic rings. The first kappa shape index (κ1) is 21.3. The largest absolute Gasteiger partial charge is 0.450 e. The molecule has 1 rings (SSSR count). The minimum absolute atomic E-state index is 0.0488. The van der Waals surface area contributed by atoms with Crippen LogP contribution in [0.3, 0.4) is 0 Å². The van der Waals surface area contributed by atoms with Gasteiger partial charge < -0.3 is 20.3 Å². The molecule has 1 saturated heterocycles. The Balaban J connectivity index is 2.44. The zero-order valence-corrected chi connectivity index (χ0v) is 16.4. The third-order valence-electron chi connectivity index (χ3n) is 3.99. The summed E-state index contributed by atoms with van der Waals surface area (Å²) in [6, 6.07) is -0.102. The second-order valence-corrected chi connectivity index (χ2v) is 8.51. The normalized spacial score (nSPS) is 16.3. The Kier molecular flexibility index (Phi) is 7.26. The number of rotatable bonds is 4. The first-order chi connectivity index (χ1) is 11.4. The summed E-state index contributed by atoms with van der Waals surface area (Å²) in [5.74, 6) is -1.22. The molecule has 0 aromatic carbocycles. The summed E-state index contributed by atoms with van der Waals surface area (Å²) < 4.78 is 4.97. The second kappa shape index (κ2) is 8.54. The highest BCUT2D eigenvalue weighted by Gasteiger charge is 2.31. The third kappa shape index (κ3) is 7.75. The highest BCUT2D eigenvalue weighted by atomic mass is 16.6. The lowest BCUT2D eigenvalue weighted by atomic mass is 9.82. The van der Waals surface area contributed by atoms with Gasteiger partial charge in [0.25, 0.3) is 0 Å². The van der Waals surface area contributed by atoms with Crippen LogP contribution in [0.5, 0.6) is 0 Å². The summed E-state index contributed by atoms with van der Waals surface area (Å²) in [7, 11) is 0. The van der Waals surface area contributed by atoms with Crippen LogP contribution in [0.15, 0.2) is 0 Å². The Morgan fingerprint density at radius 2 is 1.60 bits per heavy atom. The number of carbonyl (C=O) groups is 3. The molecule has 0 atom stereocenters. The van der Waals surface area contributed by atoms with E-state index in [9.17, 15) is 14.4 Å². The number of nitrogens with one attached hydrogen (secondary N) is 2. The quantitative estimate of drug-likeness (QED) is 0.756. The van der Waals surface area contributed by atoms with E-state index in [0.717, 1.165) is 6.42 Å². The first-order valence-electron chi connectivity index (χ1n) is 8.98. The number of nitrogens with zero attached hydrogens (tertiary/aromatic N) is 1. The van der Waals surface area contributed by atoms with Crippen LogP contribution in [0.25, 0.3) is 0 Å². The molecular weight excluding hydrogens is 322 g/mol. The lowest BCUT2D eigenvalue weighted by Crippen LogP contribution is -2.54. The number of carbonyl (C=O) groups excluding carboxylic acids is 3. The molecule has 0 saturated carbocycles. The molecule has 7 heteroatoms. The lowest BCUT2D eigenvalue weighted by Gasteiger charge is -2.34. The summed E-state index contributed by atoms with van der Waals surface area (Å²) in [5.41, 5.74) is -0.410. The van der Waals surface area contributed by atoms with E-state index in [1.54, 1.807) is 11.8 Å². The van der Waals surface area contributed by atoms with Gasteiger partial charge in [-0.05, 0) is 45.4 Å². The van der Waals surface area contributed by atoms with Gasteiger partial charge in [-0.1, -0.05) is 20.8 Å². The van der Waals surface area contributed by atoms with Crippen molar-refractivity contribution in [1.29, 1.82) is 0 Å². The summed E-state index contributed by atoms with van der Waals surface area (Å²) in [5, 5.41) is 5.58. The van der Waals surface area contributed by atoms with Crippen molar-refractivity contribution in [3.8, 4) is 0 Å². The van der Waals surface area contributed by atoms with Gasteiger partial charge in [0.15, 0.2) is 0 Å². The van der Waals surface area contributed by atoms with Gasteiger partial charge in [0.05, 0.1) is 6.61 Å². The van der Waals surface area contributed by atoms with E-state index in [1.165, 1.54) is 0 Å². The first-order valence-corrected chi connectivity index (χ1v) is 8.98. The summed E-state index contributed by atoms with van der Waals surface area (Å²) in [4.78, 5) is 37.6. The number of piperidine rings is 1. The molecule has 1 aliphatic heterocycles. The highest BCUT2D eigenvalue weighted by molar-refractivity contribution is 6.35. The third-order valence-corrected chi connectivity index (χ3v) is 3.99. The molecule has 1 aliphatic rings. The van der Waals surface area contributed by atoms with Gasteiger partial charge in [-0.25, -0.2) is 4.79 Å². The van der Waals surface area contributed by atoms with E-state index in [1.807, 2.05) is 13.8 Å². The molecule has 0 bridgehead atoms. The number of ether oxygens (including phenoxy) is 1. The average molecular weight is 355 g/mol. The average Bonchev–Trinajstić information content (AvgIpc) is 2.45. The molecule has 25 heavy (non-hydrogen) atoms. The maximum atomic E-state index is 12.2. The summed E-state index contributed by atoms with van der Waals surface area (Å²) in [6.07, 6.45) is 1.66. The summed E-state index contributed by atoms with van der Waals surface area (Å²) in [6.45, 7) is 13.3. The van der Waals surface area contributed by atoms with Gasteiger partial charge in [-0.3, -0.25) is 9.59 Å². The van der Waals surface area contributed by atoms with Crippen molar-refractivity contribution in [1.82, 2.24) is 15.5 Å². The lowest BCUT2D eigenvalue weighted by molar-refractivity contribution is -0.141. The van der Waals surface area contributed by atoms with Crippen LogP contribution in [-0.4, -0.2) is 54.1 Å².